The van der Waals surface area contributed by atoms with E-state index in [1.807, 2.05) is 0 Å². The summed E-state index contributed by atoms with van der Waals surface area (Å²) in [6, 6.07) is 1.21. The Morgan fingerprint density at radius 3 is 2.47 bits per heavy atom. The fraction of sp³-hybridized carbons (Fsp3) is 0. The molecule has 0 aliphatic heterocycles. The first kappa shape index (κ1) is 9.57. The zero-order chi connectivity index (χ0) is 11.2. The summed E-state index contributed by atoms with van der Waals surface area (Å²) in [5.41, 5.74) is -0.750. The molecule has 2 aromatic rings. The van der Waals surface area contributed by atoms with E-state index in [1.54, 1.807) is 0 Å². The summed E-state index contributed by atoms with van der Waals surface area (Å²) in [6.45, 7) is 0. The molecule has 0 bridgehead atoms. The number of nitrogens with one attached hydrogen (secondary N) is 1. The van der Waals surface area contributed by atoms with Gasteiger partial charge in [0.05, 0.1) is 5.52 Å². The van der Waals surface area contributed by atoms with Crippen molar-refractivity contribution >= 4 is 16.9 Å². The van der Waals surface area contributed by atoms with E-state index in [9.17, 15) is 18.0 Å². The lowest BCUT2D eigenvalue weighted by Crippen LogP contribution is -1.95. The van der Waals surface area contributed by atoms with Crippen molar-refractivity contribution in [3.63, 3.8) is 0 Å². The second-order valence-corrected chi connectivity index (χ2v) is 2.93. The van der Waals surface area contributed by atoms with Crippen molar-refractivity contribution in [3.05, 3.63) is 35.3 Å². The van der Waals surface area contributed by atoms with Crippen LogP contribution in [-0.2, 0) is 0 Å². The van der Waals surface area contributed by atoms with Crippen LogP contribution in [0.3, 0.4) is 0 Å². The van der Waals surface area contributed by atoms with Crippen molar-refractivity contribution in [3.8, 4) is 0 Å². The highest BCUT2D eigenvalue weighted by atomic mass is 19.2. The number of aromatic amines is 1. The lowest BCUT2D eigenvalue weighted by Gasteiger charge is -1.95. The fourth-order valence-electron chi connectivity index (χ4n) is 1.31. The number of benzene rings is 1. The molecule has 0 radical (unpaired) electrons. The van der Waals surface area contributed by atoms with Gasteiger partial charge in [-0.05, 0) is 6.07 Å². The minimum absolute atomic E-state index is 0.355. The molecular weight excluding hydrogens is 211 g/mol. The molecule has 0 amide bonds. The van der Waals surface area contributed by atoms with Gasteiger partial charge in [-0.3, -0.25) is 0 Å². The van der Waals surface area contributed by atoms with Gasteiger partial charge in [0.15, 0.2) is 11.6 Å². The third kappa shape index (κ3) is 1.34. The van der Waals surface area contributed by atoms with Gasteiger partial charge in [-0.1, -0.05) is 0 Å². The predicted octanol–water partition coefficient (Wildman–Crippen LogP) is 2.28. The van der Waals surface area contributed by atoms with Crippen molar-refractivity contribution in [1.82, 2.24) is 4.98 Å². The Kier molecular flexibility index (Phi) is 1.92. The number of carbonyl (C=O) groups is 1. The number of aromatic nitrogens is 1. The number of hydrogen-bond acceptors (Lipinski definition) is 1. The lowest BCUT2D eigenvalue weighted by molar-refractivity contribution is 0.0691. The number of carboxylic acids is 1. The Morgan fingerprint density at radius 1 is 1.20 bits per heavy atom. The minimum Gasteiger partial charge on any atom is -0.477 e. The number of aromatic carboxylic acids is 1. The lowest BCUT2D eigenvalue weighted by atomic mass is 10.2. The van der Waals surface area contributed by atoms with Crippen LogP contribution in [-0.4, -0.2) is 16.1 Å². The Bertz CT molecular complexity index is 562. The van der Waals surface area contributed by atoms with Gasteiger partial charge in [-0.2, -0.15) is 0 Å². The molecule has 78 valence electrons. The van der Waals surface area contributed by atoms with Crippen molar-refractivity contribution in [2.45, 2.75) is 0 Å². The van der Waals surface area contributed by atoms with Crippen molar-refractivity contribution in [2.75, 3.05) is 0 Å². The average Bonchev–Trinajstić information content (AvgIpc) is 2.59. The molecule has 0 aliphatic rings. The molecule has 1 aromatic heterocycles. The van der Waals surface area contributed by atoms with Crippen LogP contribution < -0.4 is 0 Å². The SMILES string of the molecule is O=C(O)c1cc2c(F)c(F)cc(F)c2[nH]1. The quantitative estimate of drug-likeness (QED) is 0.717. The van der Waals surface area contributed by atoms with Gasteiger partial charge < -0.3 is 10.1 Å². The number of fused-ring (bicyclic) bond motifs is 1. The first-order valence-electron chi connectivity index (χ1n) is 3.90. The van der Waals surface area contributed by atoms with E-state index in [0.717, 1.165) is 6.07 Å². The Morgan fingerprint density at radius 2 is 1.87 bits per heavy atom. The fourth-order valence-corrected chi connectivity index (χ4v) is 1.31. The molecule has 0 unspecified atom stereocenters. The van der Waals surface area contributed by atoms with E-state index in [0.29, 0.717) is 6.07 Å². The Labute approximate surface area is 81.1 Å². The first-order valence-corrected chi connectivity index (χ1v) is 3.90. The highest BCUT2D eigenvalue weighted by molar-refractivity contribution is 5.94. The number of hydrogen-bond donors (Lipinski definition) is 2. The van der Waals surface area contributed by atoms with Crippen LogP contribution in [0.2, 0.25) is 0 Å². The maximum atomic E-state index is 13.1. The van der Waals surface area contributed by atoms with E-state index >= 15 is 0 Å². The summed E-state index contributed by atoms with van der Waals surface area (Å²) in [7, 11) is 0. The molecule has 2 rings (SSSR count). The molecule has 0 spiro atoms. The van der Waals surface area contributed by atoms with Crippen molar-refractivity contribution < 1.29 is 23.1 Å². The smallest absolute Gasteiger partial charge is 0.352 e. The third-order valence-corrected chi connectivity index (χ3v) is 1.99. The average molecular weight is 215 g/mol. The molecule has 0 saturated carbocycles. The Balaban J connectivity index is 2.85. The molecule has 6 heteroatoms. The highest BCUT2D eigenvalue weighted by Gasteiger charge is 2.17. The Hall–Kier alpha value is -1.98. The summed E-state index contributed by atoms with van der Waals surface area (Å²) in [5.74, 6) is -5.02. The summed E-state index contributed by atoms with van der Waals surface area (Å²) in [5, 5.41) is 8.15. The van der Waals surface area contributed by atoms with Crippen LogP contribution in [0.5, 0.6) is 0 Å². The van der Waals surface area contributed by atoms with Gasteiger partial charge in [0.1, 0.15) is 11.5 Å². The van der Waals surface area contributed by atoms with E-state index in [4.69, 9.17) is 5.11 Å². The van der Waals surface area contributed by atoms with Crippen molar-refractivity contribution in [2.24, 2.45) is 0 Å². The van der Waals surface area contributed by atoms with Crippen LogP contribution in [0.15, 0.2) is 12.1 Å². The molecule has 3 nitrogen and oxygen atoms in total. The zero-order valence-electron chi connectivity index (χ0n) is 7.14. The van der Waals surface area contributed by atoms with Gasteiger partial charge in [-0.15, -0.1) is 0 Å². The van der Waals surface area contributed by atoms with Crippen LogP contribution >= 0.6 is 0 Å². The third-order valence-electron chi connectivity index (χ3n) is 1.99. The highest BCUT2D eigenvalue weighted by Crippen LogP contribution is 2.24. The standard InChI is InChI=1S/C9H4F3NO2/c10-4-2-5(11)8-3(7(4)12)1-6(13-8)9(14)15/h1-2,13H,(H,14,15). The van der Waals surface area contributed by atoms with E-state index in [-0.39, 0.29) is 5.52 Å². The number of halogens is 3. The molecule has 15 heavy (non-hydrogen) atoms. The molecule has 0 atom stereocenters. The number of H-pyrrole nitrogens is 1. The largest absolute Gasteiger partial charge is 0.477 e. The van der Waals surface area contributed by atoms with Crippen LogP contribution in [0.25, 0.3) is 10.9 Å². The first-order chi connectivity index (χ1) is 7.00. The van der Waals surface area contributed by atoms with Gasteiger partial charge in [0.25, 0.3) is 0 Å². The molecule has 0 fully saturated rings. The second-order valence-electron chi connectivity index (χ2n) is 2.93. The van der Waals surface area contributed by atoms with Crippen molar-refractivity contribution in [1.29, 1.82) is 0 Å². The minimum atomic E-state index is -1.37. The van der Waals surface area contributed by atoms with E-state index in [2.05, 4.69) is 4.98 Å². The van der Waals surface area contributed by atoms with E-state index in [1.165, 1.54) is 0 Å². The van der Waals surface area contributed by atoms with Gasteiger partial charge in [-0.25, -0.2) is 18.0 Å². The van der Waals surface area contributed by atoms with Crippen LogP contribution in [0.4, 0.5) is 13.2 Å². The van der Waals surface area contributed by atoms with Crippen LogP contribution in [0.1, 0.15) is 10.5 Å². The number of rotatable bonds is 1. The predicted molar refractivity (Wildman–Crippen MR) is 45.1 cm³/mol. The summed E-state index contributed by atoms with van der Waals surface area (Å²) < 4.78 is 38.9. The molecule has 0 aliphatic carbocycles. The maximum Gasteiger partial charge on any atom is 0.352 e. The van der Waals surface area contributed by atoms with E-state index < -0.39 is 34.5 Å². The maximum absolute atomic E-state index is 13.1. The van der Waals surface area contributed by atoms with Gasteiger partial charge in [0.2, 0.25) is 0 Å². The molecule has 2 N–H and O–H groups in total. The van der Waals surface area contributed by atoms with Gasteiger partial charge >= 0.3 is 5.97 Å². The summed E-state index contributed by atoms with van der Waals surface area (Å²) >= 11 is 0. The monoisotopic (exact) mass is 215 g/mol. The van der Waals surface area contributed by atoms with Crippen LogP contribution in [0, 0.1) is 17.5 Å². The number of carboxylic acid groups (broad SMARTS) is 1. The molecule has 1 heterocycles. The summed E-state index contributed by atoms with van der Waals surface area (Å²) in [4.78, 5) is 12.7. The second kappa shape index (κ2) is 3.01. The molecular formula is C9H4F3NO2. The summed E-state index contributed by atoms with van der Waals surface area (Å²) in [6.07, 6.45) is 0. The normalized spacial score (nSPS) is 10.9. The molecule has 0 saturated heterocycles. The van der Waals surface area contributed by atoms with Gasteiger partial charge in [0, 0.05) is 11.5 Å². The molecule has 1 aromatic carbocycles. The zero-order valence-corrected chi connectivity index (χ0v) is 7.14. The topological polar surface area (TPSA) is 53.1 Å².